The summed E-state index contributed by atoms with van der Waals surface area (Å²) in [6.45, 7) is 6.29. The van der Waals surface area contributed by atoms with E-state index in [1.165, 1.54) is 12.8 Å². The Hall–Kier alpha value is -1.02. The van der Waals surface area contributed by atoms with E-state index in [2.05, 4.69) is 11.8 Å². The van der Waals surface area contributed by atoms with Gasteiger partial charge in [-0.15, -0.1) is 0 Å². The smallest absolute Gasteiger partial charge is 0.0459 e. The van der Waals surface area contributed by atoms with Crippen LogP contribution in [0.25, 0.3) is 0 Å². The minimum absolute atomic E-state index is 0.584. The average Bonchev–Trinajstić information content (AvgIpc) is 2.28. The molecule has 3 heteroatoms. The zero-order valence-corrected chi connectivity index (χ0v) is 11.2. The standard InChI is InChI=1S/C14H19ClN2/c1-10-4-3-7-17(9-10)14-6-5-12(15)8-13(14)11(2)16/h5-6,8,10,16H,3-4,7,9H2,1-2H3. The fraction of sp³-hybridized carbons (Fsp3) is 0.500. The van der Waals surface area contributed by atoms with Crippen molar-refractivity contribution in [3.63, 3.8) is 0 Å². The molecule has 0 bridgehead atoms. The van der Waals surface area contributed by atoms with E-state index in [4.69, 9.17) is 17.0 Å². The second kappa shape index (κ2) is 5.09. The third-order valence-electron chi connectivity index (χ3n) is 3.36. The van der Waals surface area contributed by atoms with E-state index in [9.17, 15) is 0 Å². The van der Waals surface area contributed by atoms with E-state index in [0.29, 0.717) is 10.7 Å². The summed E-state index contributed by atoms with van der Waals surface area (Å²) in [5.74, 6) is 0.735. The van der Waals surface area contributed by atoms with Crippen LogP contribution in [0.4, 0.5) is 5.69 Å². The van der Waals surface area contributed by atoms with E-state index in [1.807, 2.05) is 25.1 Å². The van der Waals surface area contributed by atoms with Crippen LogP contribution >= 0.6 is 11.6 Å². The zero-order chi connectivity index (χ0) is 12.4. The lowest BCUT2D eigenvalue weighted by atomic mass is 9.98. The molecule has 1 aliphatic heterocycles. The highest BCUT2D eigenvalue weighted by Gasteiger charge is 2.19. The maximum Gasteiger partial charge on any atom is 0.0459 e. The number of nitrogens with zero attached hydrogens (tertiary/aromatic N) is 1. The fourth-order valence-electron chi connectivity index (χ4n) is 2.49. The van der Waals surface area contributed by atoms with Crippen LogP contribution in [0.15, 0.2) is 18.2 Å². The topological polar surface area (TPSA) is 27.1 Å². The molecular formula is C14H19ClN2. The second-order valence-corrected chi connectivity index (χ2v) is 5.42. The maximum atomic E-state index is 7.86. The minimum Gasteiger partial charge on any atom is -0.371 e. The zero-order valence-electron chi connectivity index (χ0n) is 10.5. The summed E-state index contributed by atoms with van der Waals surface area (Å²) < 4.78 is 0. The van der Waals surface area contributed by atoms with E-state index in [0.717, 1.165) is 30.3 Å². The van der Waals surface area contributed by atoms with Gasteiger partial charge >= 0.3 is 0 Å². The number of piperidine rings is 1. The average molecular weight is 251 g/mol. The molecule has 1 aromatic carbocycles. The van der Waals surface area contributed by atoms with E-state index < -0.39 is 0 Å². The van der Waals surface area contributed by atoms with Crippen LogP contribution < -0.4 is 4.90 Å². The van der Waals surface area contributed by atoms with Gasteiger partial charge in [-0.2, -0.15) is 0 Å². The monoisotopic (exact) mass is 250 g/mol. The van der Waals surface area contributed by atoms with Gasteiger partial charge in [-0.3, -0.25) is 0 Å². The molecule has 1 aliphatic rings. The van der Waals surface area contributed by atoms with Crippen molar-refractivity contribution in [2.45, 2.75) is 26.7 Å². The van der Waals surface area contributed by atoms with Crippen LogP contribution in [0.5, 0.6) is 0 Å². The van der Waals surface area contributed by atoms with Crippen LogP contribution in [0.1, 0.15) is 32.3 Å². The van der Waals surface area contributed by atoms with Crippen LogP contribution in [0, 0.1) is 11.3 Å². The van der Waals surface area contributed by atoms with Gasteiger partial charge in [-0.05, 0) is 43.9 Å². The summed E-state index contributed by atoms with van der Waals surface area (Å²) in [4.78, 5) is 2.39. The van der Waals surface area contributed by atoms with Gasteiger partial charge in [-0.1, -0.05) is 18.5 Å². The number of rotatable bonds is 2. The molecule has 1 heterocycles. The summed E-state index contributed by atoms with van der Waals surface area (Å²) >= 11 is 6.01. The van der Waals surface area contributed by atoms with Gasteiger partial charge in [0, 0.05) is 35.1 Å². The molecule has 1 saturated heterocycles. The molecule has 17 heavy (non-hydrogen) atoms. The van der Waals surface area contributed by atoms with Crippen molar-refractivity contribution in [3.05, 3.63) is 28.8 Å². The number of nitrogens with one attached hydrogen (secondary N) is 1. The highest BCUT2D eigenvalue weighted by Crippen LogP contribution is 2.28. The van der Waals surface area contributed by atoms with Gasteiger partial charge in [0.15, 0.2) is 0 Å². The van der Waals surface area contributed by atoms with Crippen molar-refractivity contribution in [1.29, 1.82) is 5.41 Å². The van der Waals surface area contributed by atoms with Crippen molar-refractivity contribution in [2.24, 2.45) is 5.92 Å². The third-order valence-corrected chi connectivity index (χ3v) is 3.60. The summed E-state index contributed by atoms with van der Waals surface area (Å²) in [5, 5.41) is 8.57. The molecule has 0 radical (unpaired) electrons. The first-order valence-corrected chi connectivity index (χ1v) is 6.55. The first-order chi connectivity index (χ1) is 8.08. The third kappa shape index (κ3) is 2.81. The van der Waals surface area contributed by atoms with Gasteiger partial charge < -0.3 is 10.3 Å². The molecule has 1 aromatic rings. The van der Waals surface area contributed by atoms with Crippen molar-refractivity contribution in [2.75, 3.05) is 18.0 Å². The Morgan fingerprint density at radius 3 is 2.88 bits per heavy atom. The van der Waals surface area contributed by atoms with Crippen LogP contribution in [0.3, 0.4) is 0 Å². The highest BCUT2D eigenvalue weighted by atomic mass is 35.5. The van der Waals surface area contributed by atoms with Gasteiger partial charge in [0.2, 0.25) is 0 Å². The molecule has 1 fully saturated rings. The first-order valence-electron chi connectivity index (χ1n) is 6.18. The van der Waals surface area contributed by atoms with Gasteiger partial charge in [-0.25, -0.2) is 0 Å². The lowest BCUT2D eigenvalue weighted by Gasteiger charge is -2.34. The number of hydrogen-bond acceptors (Lipinski definition) is 2. The summed E-state index contributed by atoms with van der Waals surface area (Å²) in [5.41, 5.74) is 2.71. The molecule has 2 nitrogen and oxygen atoms in total. The van der Waals surface area contributed by atoms with Crippen molar-refractivity contribution >= 4 is 23.0 Å². The van der Waals surface area contributed by atoms with Crippen LogP contribution in [-0.4, -0.2) is 18.8 Å². The fourth-order valence-corrected chi connectivity index (χ4v) is 2.66. The predicted octanol–water partition coefficient (Wildman–Crippen LogP) is 3.96. The van der Waals surface area contributed by atoms with Gasteiger partial charge in [0.1, 0.15) is 0 Å². The number of hydrogen-bond donors (Lipinski definition) is 1. The summed E-state index contributed by atoms with van der Waals surface area (Å²) in [6.07, 6.45) is 2.54. The lowest BCUT2D eigenvalue weighted by molar-refractivity contribution is 0.447. The van der Waals surface area contributed by atoms with Gasteiger partial charge in [0.25, 0.3) is 0 Å². The normalized spacial score (nSPS) is 20.4. The molecule has 0 saturated carbocycles. The molecule has 1 N–H and O–H groups in total. The maximum absolute atomic E-state index is 7.86. The molecule has 1 atom stereocenters. The Morgan fingerprint density at radius 2 is 2.24 bits per heavy atom. The SMILES string of the molecule is CC(=N)c1cc(Cl)ccc1N1CCCC(C)C1. The minimum atomic E-state index is 0.584. The number of benzene rings is 1. The molecule has 0 amide bonds. The quantitative estimate of drug-likeness (QED) is 0.791. The Bertz CT molecular complexity index is 428. The molecule has 92 valence electrons. The molecule has 0 aliphatic carbocycles. The number of halogens is 1. The van der Waals surface area contributed by atoms with Crippen molar-refractivity contribution in [1.82, 2.24) is 0 Å². The second-order valence-electron chi connectivity index (χ2n) is 4.98. The van der Waals surface area contributed by atoms with Crippen molar-refractivity contribution < 1.29 is 0 Å². The molecule has 0 spiro atoms. The number of anilines is 1. The molecule has 1 unspecified atom stereocenters. The predicted molar refractivity (Wildman–Crippen MR) is 74.6 cm³/mol. The van der Waals surface area contributed by atoms with E-state index in [-0.39, 0.29) is 0 Å². The molecule has 0 aromatic heterocycles. The Balaban J connectivity index is 2.33. The lowest BCUT2D eigenvalue weighted by Crippen LogP contribution is -2.35. The van der Waals surface area contributed by atoms with E-state index in [1.54, 1.807) is 0 Å². The molecular weight excluding hydrogens is 232 g/mol. The highest BCUT2D eigenvalue weighted by molar-refractivity contribution is 6.31. The van der Waals surface area contributed by atoms with Crippen LogP contribution in [-0.2, 0) is 0 Å². The van der Waals surface area contributed by atoms with Gasteiger partial charge in [0.05, 0.1) is 0 Å². The summed E-state index contributed by atoms with van der Waals surface area (Å²) in [6, 6.07) is 5.87. The molecule has 2 rings (SSSR count). The first kappa shape index (κ1) is 12.4. The van der Waals surface area contributed by atoms with Crippen molar-refractivity contribution in [3.8, 4) is 0 Å². The largest absolute Gasteiger partial charge is 0.371 e. The Morgan fingerprint density at radius 1 is 1.47 bits per heavy atom. The summed E-state index contributed by atoms with van der Waals surface area (Å²) in [7, 11) is 0. The Kier molecular flexibility index (Phi) is 3.72. The van der Waals surface area contributed by atoms with Crippen LogP contribution in [0.2, 0.25) is 5.02 Å². The van der Waals surface area contributed by atoms with E-state index >= 15 is 0 Å². The Labute approximate surface area is 108 Å².